The zero-order valence-corrected chi connectivity index (χ0v) is 16.5. The van der Waals surface area contributed by atoms with Crippen LogP contribution < -0.4 is 0 Å². The van der Waals surface area contributed by atoms with E-state index < -0.39 is 17.4 Å². The van der Waals surface area contributed by atoms with E-state index in [0.29, 0.717) is 32.0 Å². The average Bonchev–Trinajstić information content (AvgIpc) is 2.59. The highest BCUT2D eigenvalue weighted by Gasteiger charge is 2.45. The van der Waals surface area contributed by atoms with Crippen molar-refractivity contribution in [2.75, 3.05) is 13.2 Å². The van der Waals surface area contributed by atoms with E-state index in [2.05, 4.69) is 20.8 Å². The van der Waals surface area contributed by atoms with Gasteiger partial charge in [-0.1, -0.05) is 66.7 Å². The van der Waals surface area contributed by atoms with Gasteiger partial charge in [0.1, 0.15) is 0 Å². The molecule has 0 fully saturated rings. The normalized spacial score (nSPS) is 12.7. The highest BCUT2D eigenvalue weighted by Crippen LogP contribution is 2.30. The van der Waals surface area contributed by atoms with E-state index in [1.165, 1.54) is 19.3 Å². The Bertz CT molecular complexity index is 348. The fraction of sp³-hybridized carbons (Fsp3) is 0.900. The molecule has 24 heavy (non-hydrogen) atoms. The van der Waals surface area contributed by atoms with Crippen LogP contribution in [0.1, 0.15) is 92.4 Å². The fourth-order valence-electron chi connectivity index (χ4n) is 2.61. The highest BCUT2D eigenvalue weighted by molar-refractivity contribution is 5.99. The number of carbonyl (C=O) groups is 2. The number of esters is 2. The molecule has 0 rings (SSSR count). The number of rotatable bonds is 14. The van der Waals surface area contributed by atoms with Crippen molar-refractivity contribution in [2.24, 2.45) is 11.3 Å². The summed E-state index contributed by atoms with van der Waals surface area (Å²) in [7, 11) is 0. The molecule has 0 aromatic rings. The van der Waals surface area contributed by atoms with E-state index in [1.807, 2.05) is 13.8 Å². The van der Waals surface area contributed by atoms with Gasteiger partial charge >= 0.3 is 11.9 Å². The Morgan fingerprint density at radius 2 is 1.38 bits per heavy atom. The van der Waals surface area contributed by atoms with Gasteiger partial charge in [0.05, 0.1) is 13.2 Å². The summed E-state index contributed by atoms with van der Waals surface area (Å²) in [5.74, 6) is -0.325. The van der Waals surface area contributed by atoms with Crippen LogP contribution in [-0.4, -0.2) is 25.2 Å². The lowest BCUT2D eigenvalue weighted by Crippen LogP contribution is -2.41. The first kappa shape index (κ1) is 22.9. The lowest BCUT2D eigenvalue weighted by atomic mass is 9.82. The molecule has 0 amide bonds. The van der Waals surface area contributed by atoms with Gasteiger partial charge in [-0.05, 0) is 31.6 Å². The van der Waals surface area contributed by atoms with Crippen molar-refractivity contribution in [1.29, 1.82) is 0 Å². The standard InChI is InChI=1S/C20H38O4/c1-6-10-11-12-13-15-23-18(21)20(8-3,9-4)19(22)24-16-14-17(5)7-2/h17H,6-16H2,1-5H3. The van der Waals surface area contributed by atoms with Crippen LogP contribution >= 0.6 is 0 Å². The van der Waals surface area contributed by atoms with Crippen LogP contribution in [0.4, 0.5) is 0 Å². The second kappa shape index (κ2) is 13.3. The van der Waals surface area contributed by atoms with Crippen LogP contribution in [0, 0.1) is 11.3 Å². The second-order valence-electron chi connectivity index (χ2n) is 6.78. The topological polar surface area (TPSA) is 52.6 Å². The van der Waals surface area contributed by atoms with Gasteiger partial charge in [-0.2, -0.15) is 0 Å². The summed E-state index contributed by atoms with van der Waals surface area (Å²) >= 11 is 0. The molecule has 0 aliphatic carbocycles. The maximum absolute atomic E-state index is 12.5. The Balaban J connectivity index is 4.44. The van der Waals surface area contributed by atoms with Crippen molar-refractivity contribution < 1.29 is 19.1 Å². The Labute approximate surface area is 148 Å². The molecule has 0 saturated carbocycles. The minimum atomic E-state index is -1.14. The van der Waals surface area contributed by atoms with Crippen LogP contribution in [0.25, 0.3) is 0 Å². The third kappa shape index (κ3) is 7.67. The highest BCUT2D eigenvalue weighted by atomic mass is 16.6. The van der Waals surface area contributed by atoms with E-state index in [4.69, 9.17) is 9.47 Å². The third-order valence-electron chi connectivity index (χ3n) is 5.01. The number of hydrogen-bond donors (Lipinski definition) is 0. The van der Waals surface area contributed by atoms with E-state index >= 15 is 0 Å². The minimum Gasteiger partial charge on any atom is -0.465 e. The molecule has 0 bridgehead atoms. The molecule has 4 nitrogen and oxygen atoms in total. The van der Waals surface area contributed by atoms with E-state index in [9.17, 15) is 9.59 Å². The lowest BCUT2D eigenvalue weighted by Gasteiger charge is -2.27. The zero-order valence-electron chi connectivity index (χ0n) is 16.5. The molecule has 4 heteroatoms. The van der Waals surface area contributed by atoms with Crippen LogP contribution in [-0.2, 0) is 19.1 Å². The Hall–Kier alpha value is -1.06. The molecule has 0 spiro atoms. The number of carbonyl (C=O) groups excluding carboxylic acids is 2. The van der Waals surface area contributed by atoms with Crippen LogP contribution in [0.3, 0.4) is 0 Å². The summed E-state index contributed by atoms with van der Waals surface area (Å²) in [6, 6.07) is 0. The van der Waals surface area contributed by atoms with Gasteiger partial charge < -0.3 is 9.47 Å². The van der Waals surface area contributed by atoms with E-state index in [0.717, 1.165) is 25.7 Å². The summed E-state index contributed by atoms with van der Waals surface area (Å²) in [6.07, 6.45) is 8.22. The van der Waals surface area contributed by atoms with Gasteiger partial charge in [0, 0.05) is 0 Å². The minimum absolute atomic E-state index is 0.375. The van der Waals surface area contributed by atoms with Crippen molar-refractivity contribution >= 4 is 11.9 Å². The molecular formula is C20H38O4. The maximum atomic E-state index is 12.5. The molecule has 0 saturated heterocycles. The molecule has 0 aromatic carbocycles. The predicted octanol–water partition coefficient (Wildman–Crippen LogP) is 5.29. The Kier molecular flexibility index (Phi) is 12.7. The zero-order chi connectivity index (χ0) is 18.4. The number of hydrogen-bond acceptors (Lipinski definition) is 4. The smallest absolute Gasteiger partial charge is 0.323 e. The molecule has 0 heterocycles. The summed E-state index contributed by atoms with van der Waals surface area (Å²) in [6.45, 7) is 10.9. The summed E-state index contributed by atoms with van der Waals surface area (Å²) < 4.78 is 10.8. The van der Waals surface area contributed by atoms with Crippen molar-refractivity contribution in [3.05, 3.63) is 0 Å². The van der Waals surface area contributed by atoms with Crippen LogP contribution in [0.5, 0.6) is 0 Å². The maximum Gasteiger partial charge on any atom is 0.323 e. The number of unbranched alkanes of at least 4 members (excludes halogenated alkanes) is 4. The monoisotopic (exact) mass is 342 g/mol. The lowest BCUT2D eigenvalue weighted by molar-refractivity contribution is -0.173. The predicted molar refractivity (Wildman–Crippen MR) is 97.8 cm³/mol. The summed E-state index contributed by atoms with van der Waals surface area (Å²) in [5, 5.41) is 0. The molecular weight excluding hydrogens is 304 g/mol. The molecule has 0 aromatic heterocycles. The third-order valence-corrected chi connectivity index (χ3v) is 5.01. The Morgan fingerprint density at radius 3 is 1.88 bits per heavy atom. The first-order valence-electron chi connectivity index (χ1n) is 9.82. The van der Waals surface area contributed by atoms with Crippen LogP contribution in [0.2, 0.25) is 0 Å². The fourth-order valence-corrected chi connectivity index (χ4v) is 2.61. The molecule has 142 valence electrons. The summed E-state index contributed by atoms with van der Waals surface area (Å²) in [5.41, 5.74) is -1.14. The Morgan fingerprint density at radius 1 is 0.833 bits per heavy atom. The molecule has 0 radical (unpaired) electrons. The van der Waals surface area contributed by atoms with Gasteiger partial charge in [0.2, 0.25) is 0 Å². The van der Waals surface area contributed by atoms with Gasteiger partial charge in [-0.25, -0.2) is 0 Å². The summed E-state index contributed by atoms with van der Waals surface area (Å²) in [4.78, 5) is 25.0. The molecule has 0 N–H and O–H groups in total. The van der Waals surface area contributed by atoms with Gasteiger partial charge in [-0.15, -0.1) is 0 Å². The molecule has 1 unspecified atom stereocenters. The van der Waals surface area contributed by atoms with E-state index in [-0.39, 0.29) is 0 Å². The van der Waals surface area contributed by atoms with Crippen molar-refractivity contribution in [1.82, 2.24) is 0 Å². The van der Waals surface area contributed by atoms with Crippen molar-refractivity contribution in [3.63, 3.8) is 0 Å². The van der Waals surface area contributed by atoms with Gasteiger partial charge in [0.15, 0.2) is 5.41 Å². The molecule has 0 aliphatic rings. The number of ether oxygens (including phenoxy) is 2. The largest absolute Gasteiger partial charge is 0.465 e. The van der Waals surface area contributed by atoms with Gasteiger partial charge in [-0.3, -0.25) is 9.59 Å². The first-order valence-corrected chi connectivity index (χ1v) is 9.82. The average molecular weight is 343 g/mol. The molecule has 0 aliphatic heterocycles. The quantitative estimate of drug-likeness (QED) is 0.245. The van der Waals surface area contributed by atoms with E-state index in [1.54, 1.807) is 0 Å². The SMILES string of the molecule is CCCCCCCOC(=O)C(CC)(CC)C(=O)OCCC(C)CC. The van der Waals surface area contributed by atoms with Crippen LogP contribution in [0.15, 0.2) is 0 Å². The van der Waals surface area contributed by atoms with Crippen molar-refractivity contribution in [2.45, 2.75) is 92.4 Å². The van der Waals surface area contributed by atoms with Gasteiger partial charge in [0.25, 0.3) is 0 Å². The first-order chi connectivity index (χ1) is 11.5. The van der Waals surface area contributed by atoms with Crippen molar-refractivity contribution in [3.8, 4) is 0 Å². The second-order valence-corrected chi connectivity index (χ2v) is 6.78. The molecule has 1 atom stereocenters.